The fraction of sp³-hybridized carbons (Fsp3) is 0.800. The zero-order valence-corrected chi connectivity index (χ0v) is 9.57. The summed E-state index contributed by atoms with van der Waals surface area (Å²) in [6.07, 6.45) is 1.70. The van der Waals surface area contributed by atoms with Gasteiger partial charge < -0.3 is 20.9 Å². The van der Waals surface area contributed by atoms with Crippen molar-refractivity contribution in [2.24, 2.45) is 5.73 Å². The van der Waals surface area contributed by atoms with Crippen molar-refractivity contribution in [3.8, 4) is 0 Å². The second-order valence-corrected chi connectivity index (χ2v) is 3.46. The van der Waals surface area contributed by atoms with Crippen molar-refractivity contribution in [3.63, 3.8) is 0 Å². The minimum atomic E-state index is -1.08. The van der Waals surface area contributed by atoms with E-state index in [0.717, 1.165) is 12.8 Å². The Labute approximate surface area is 95.1 Å². The van der Waals surface area contributed by atoms with Gasteiger partial charge in [-0.05, 0) is 6.42 Å². The average molecular weight is 232 g/mol. The highest BCUT2D eigenvalue weighted by molar-refractivity contribution is 5.85. The summed E-state index contributed by atoms with van der Waals surface area (Å²) in [6, 6.07) is -0.992. The molecule has 1 unspecified atom stereocenters. The molecule has 94 valence electrons. The van der Waals surface area contributed by atoms with Gasteiger partial charge in [0.2, 0.25) is 5.91 Å². The van der Waals surface area contributed by atoms with Crippen LogP contribution in [0.25, 0.3) is 0 Å². The number of rotatable bonds is 9. The summed E-state index contributed by atoms with van der Waals surface area (Å²) in [6.45, 7) is 3.52. The molecule has 0 aromatic carbocycles. The molecule has 4 N–H and O–H groups in total. The second-order valence-electron chi connectivity index (χ2n) is 3.46. The third-order valence-corrected chi connectivity index (χ3v) is 1.92. The van der Waals surface area contributed by atoms with Gasteiger partial charge in [-0.15, -0.1) is 0 Å². The Kier molecular flexibility index (Phi) is 8.46. The maximum absolute atomic E-state index is 11.2. The molecule has 0 heterocycles. The summed E-state index contributed by atoms with van der Waals surface area (Å²) >= 11 is 0. The maximum Gasteiger partial charge on any atom is 0.305 e. The Morgan fingerprint density at radius 3 is 2.69 bits per heavy atom. The first-order chi connectivity index (χ1) is 7.57. The van der Waals surface area contributed by atoms with E-state index >= 15 is 0 Å². The lowest BCUT2D eigenvalue weighted by Crippen LogP contribution is -2.43. The van der Waals surface area contributed by atoms with Crippen molar-refractivity contribution < 1.29 is 19.4 Å². The molecule has 16 heavy (non-hydrogen) atoms. The number of unbranched alkanes of at least 4 members (excludes halogenated alkanes) is 1. The fourth-order valence-corrected chi connectivity index (χ4v) is 1.01. The monoisotopic (exact) mass is 232 g/mol. The average Bonchev–Trinajstić information content (AvgIpc) is 2.21. The molecule has 0 saturated carbocycles. The van der Waals surface area contributed by atoms with E-state index < -0.39 is 17.9 Å². The number of amides is 1. The van der Waals surface area contributed by atoms with Crippen molar-refractivity contribution in [2.45, 2.75) is 32.2 Å². The van der Waals surface area contributed by atoms with Crippen LogP contribution in [0, 0.1) is 0 Å². The quantitative estimate of drug-likeness (QED) is 0.475. The summed E-state index contributed by atoms with van der Waals surface area (Å²) in [5.41, 5.74) is 5.35. The van der Waals surface area contributed by atoms with Gasteiger partial charge in [0.25, 0.3) is 0 Å². The first-order valence-corrected chi connectivity index (χ1v) is 5.40. The van der Waals surface area contributed by atoms with Crippen molar-refractivity contribution in [3.05, 3.63) is 0 Å². The molecule has 0 spiro atoms. The standard InChI is InChI=1S/C10H20N2O4/c1-2-3-5-16-6-4-12-10(15)8(11)7-9(13)14/h8H,2-7,11H2,1H3,(H,12,15)(H,13,14). The van der Waals surface area contributed by atoms with E-state index in [9.17, 15) is 9.59 Å². The van der Waals surface area contributed by atoms with Gasteiger partial charge >= 0.3 is 5.97 Å². The number of ether oxygens (including phenoxy) is 1. The van der Waals surface area contributed by atoms with Crippen LogP contribution >= 0.6 is 0 Å². The normalized spacial score (nSPS) is 12.1. The molecule has 6 nitrogen and oxygen atoms in total. The molecule has 0 aromatic rings. The molecular weight excluding hydrogens is 212 g/mol. The van der Waals surface area contributed by atoms with Crippen LogP contribution in [-0.2, 0) is 14.3 Å². The third kappa shape index (κ3) is 8.19. The van der Waals surface area contributed by atoms with Crippen LogP contribution in [0.15, 0.2) is 0 Å². The summed E-state index contributed by atoms with van der Waals surface area (Å²) in [5.74, 6) is -1.54. The molecule has 1 amide bonds. The predicted octanol–water partition coefficient (Wildman–Crippen LogP) is -0.279. The van der Waals surface area contributed by atoms with Crippen molar-refractivity contribution in [2.75, 3.05) is 19.8 Å². The number of carboxylic acid groups (broad SMARTS) is 1. The van der Waals surface area contributed by atoms with Gasteiger partial charge in [-0.3, -0.25) is 9.59 Å². The first kappa shape index (κ1) is 14.9. The Morgan fingerprint density at radius 2 is 2.12 bits per heavy atom. The lowest BCUT2D eigenvalue weighted by Gasteiger charge is -2.10. The van der Waals surface area contributed by atoms with Crippen LogP contribution < -0.4 is 11.1 Å². The molecule has 0 radical (unpaired) electrons. The molecule has 1 atom stereocenters. The highest BCUT2D eigenvalue weighted by Gasteiger charge is 2.15. The molecule has 0 fully saturated rings. The molecule has 0 aliphatic rings. The zero-order chi connectivity index (χ0) is 12.4. The lowest BCUT2D eigenvalue weighted by atomic mass is 10.2. The van der Waals surface area contributed by atoms with E-state index in [1.54, 1.807) is 0 Å². The van der Waals surface area contributed by atoms with Crippen LogP contribution in [0.5, 0.6) is 0 Å². The molecule has 0 bridgehead atoms. The van der Waals surface area contributed by atoms with Gasteiger partial charge in [-0.25, -0.2) is 0 Å². The predicted molar refractivity (Wildman–Crippen MR) is 59.0 cm³/mol. The zero-order valence-electron chi connectivity index (χ0n) is 9.57. The number of nitrogens with two attached hydrogens (primary N) is 1. The van der Waals surface area contributed by atoms with Crippen LogP contribution in [-0.4, -0.2) is 42.8 Å². The van der Waals surface area contributed by atoms with Gasteiger partial charge in [0.1, 0.15) is 0 Å². The summed E-state index contributed by atoms with van der Waals surface area (Å²) < 4.78 is 5.21. The number of carbonyl (C=O) groups is 2. The summed E-state index contributed by atoms with van der Waals surface area (Å²) in [7, 11) is 0. The molecule has 0 aromatic heterocycles. The number of hydrogen-bond acceptors (Lipinski definition) is 4. The van der Waals surface area contributed by atoms with Gasteiger partial charge in [-0.1, -0.05) is 13.3 Å². The van der Waals surface area contributed by atoms with Gasteiger partial charge in [-0.2, -0.15) is 0 Å². The first-order valence-electron chi connectivity index (χ1n) is 5.40. The Hall–Kier alpha value is -1.14. The minimum absolute atomic E-state index is 0.357. The van der Waals surface area contributed by atoms with E-state index in [1.807, 2.05) is 0 Å². The fourth-order valence-electron chi connectivity index (χ4n) is 1.01. The van der Waals surface area contributed by atoms with Crippen LogP contribution in [0.3, 0.4) is 0 Å². The number of nitrogens with one attached hydrogen (secondary N) is 1. The number of carbonyl (C=O) groups excluding carboxylic acids is 1. The SMILES string of the molecule is CCCCOCCNC(=O)C(N)CC(=O)O. The van der Waals surface area contributed by atoms with Gasteiger partial charge in [0, 0.05) is 13.2 Å². The van der Waals surface area contributed by atoms with E-state index in [4.69, 9.17) is 15.6 Å². The molecule has 0 aliphatic carbocycles. The highest BCUT2D eigenvalue weighted by Crippen LogP contribution is 1.89. The summed E-state index contributed by atoms with van der Waals surface area (Å²) in [5, 5.41) is 10.9. The molecule has 6 heteroatoms. The smallest absolute Gasteiger partial charge is 0.305 e. The molecule has 0 rings (SSSR count). The largest absolute Gasteiger partial charge is 0.481 e. The Balaban J connectivity index is 3.46. The number of aliphatic carboxylic acids is 1. The minimum Gasteiger partial charge on any atom is -0.481 e. The van der Waals surface area contributed by atoms with E-state index in [1.165, 1.54) is 0 Å². The molecule has 0 saturated heterocycles. The van der Waals surface area contributed by atoms with Crippen molar-refractivity contribution in [1.29, 1.82) is 0 Å². The van der Waals surface area contributed by atoms with Crippen LogP contribution in [0.4, 0.5) is 0 Å². The number of hydrogen-bond donors (Lipinski definition) is 3. The second kappa shape index (κ2) is 9.11. The topological polar surface area (TPSA) is 102 Å². The molecular formula is C10H20N2O4. The maximum atomic E-state index is 11.2. The van der Waals surface area contributed by atoms with E-state index in [-0.39, 0.29) is 6.42 Å². The highest BCUT2D eigenvalue weighted by atomic mass is 16.5. The van der Waals surface area contributed by atoms with Crippen molar-refractivity contribution in [1.82, 2.24) is 5.32 Å². The Morgan fingerprint density at radius 1 is 1.44 bits per heavy atom. The van der Waals surface area contributed by atoms with E-state index in [2.05, 4.69) is 12.2 Å². The van der Waals surface area contributed by atoms with Crippen molar-refractivity contribution >= 4 is 11.9 Å². The van der Waals surface area contributed by atoms with Gasteiger partial charge in [0.05, 0.1) is 19.1 Å². The summed E-state index contributed by atoms with van der Waals surface area (Å²) in [4.78, 5) is 21.5. The van der Waals surface area contributed by atoms with Gasteiger partial charge in [0.15, 0.2) is 0 Å². The van der Waals surface area contributed by atoms with Crippen LogP contribution in [0.1, 0.15) is 26.2 Å². The van der Waals surface area contributed by atoms with E-state index in [0.29, 0.717) is 19.8 Å². The number of carboxylic acids is 1. The lowest BCUT2D eigenvalue weighted by molar-refractivity contribution is -0.139. The molecule has 0 aliphatic heterocycles. The Bertz CT molecular complexity index is 221. The van der Waals surface area contributed by atoms with Crippen LogP contribution in [0.2, 0.25) is 0 Å². The third-order valence-electron chi connectivity index (χ3n) is 1.92.